The van der Waals surface area contributed by atoms with Crippen LogP contribution in [-0.2, 0) is 4.74 Å². The Bertz CT molecular complexity index is 311. The second-order valence-corrected chi connectivity index (χ2v) is 5.41. The van der Waals surface area contributed by atoms with Gasteiger partial charge in [0.25, 0.3) is 0 Å². The zero-order valence-electron chi connectivity index (χ0n) is 12.3. The molecular weight excluding hydrogens is 242 g/mol. The van der Waals surface area contributed by atoms with Crippen LogP contribution in [0.4, 0.5) is 0 Å². The lowest BCUT2D eigenvalue weighted by molar-refractivity contribution is 0.0334. The molecule has 1 aromatic rings. The van der Waals surface area contributed by atoms with Gasteiger partial charge in [0.15, 0.2) is 0 Å². The van der Waals surface area contributed by atoms with Crippen LogP contribution < -0.4 is 5.32 Å². The van der Waals surface area contributed by atoms with Crippen LogP contribution >= 0.6 is 0 Å². The van der Waals surface area contributed by atoms with Crippen LogP contribution in [0.2, 0.25) is 0 Å². The fourth-order valence-corrected chi connectivity index (χ4v) is 1.82. The van der Waals surface area contributed by atoms with Gasteiger partial charge in [0.2, 0.25) is 0 Å². The molecule has 0 saturated carbocycles. The van der Waals surface area contributed by atoms with E-state index in [1.54, 1.807) is 6.26 Å². The Morgan fingerprint density at radius 2 is 2.16 bits per heavy atom. The minimum atomic E-state index is -0.475. The van der Waals surface area contributed by atoms with Crippen LogP contribution in [0.5, 0.6) is 0 Å². The fraction of sp³-hybridized carbons (Fsp3) is 0.733. The standard InChI is InChI=1S/C15H27NO3/c1-12(2)6-4-8-18-11-14(17)10-16-13(3)15-7-5-9-19-15/h5,7,9,12-14,16-17H,4,6,8,10-11H2,1-3H3/t13-,14?/m0/s1. The van der Waals surface area contributed by atoms with E-state index in [9.17, 15) is 5.11 Å². The van der Waals surface area contributed by atoms with E-state index in [1.807, 2.05) is 19.1 Å². The molecule has 0 bridgehead atoms. The van der Waals surface area contributed by atoms with Crippen molar-refractivity contribution in [1.29, 1.82) is 0 Å². The molecule has 2 N–H and O–H groups in total. The molecule has 0 spiro atoms. The van der Waals surface area contributed by atoms with Gasteiger partial charge in [-0.3, -0.25) is 0 Å². The predicted octanol–water partition coefficient (Wildman–Crippen LogP) is 2.74. The Hall–Kier alpha value is -0.840. The fourth-order valence-electron chi connectivity index (χ4n) is 1.82. The highest BCUT2D eigenvalue weighted by molar-refractivity contribution is 5.02. The number of rotatable bonds is 10. The van der Waals surface area contributed by atoms with Crippen molar-refractivity contribution in [2.75, 3.05) is 19.8 Å². The van der Waals surface area contributed by atoms with Gasteiger partial charge in [-0.2, -0.15) is 0 Å². The van der Waals surface area contributed by atoms with E-state index in [2.05, 4.69) is 19.2 Å². The predicted molar refractivity (Wildman–Crippen MR) is 76.0 cm³/mol. The van der Waals surface area contributed by atoms with E-state index < -0.39 is 6.10 Å². The molecule has 0 aliphatic carbocycles. The number of furan rings is 1. The van der Waals surface area contributed by atoms with Crippen LogP contribution in [0.3, 0.4) is 0 Å². The Balaban J connectivity index is 2.03. The summed E-state index contributed by atoms with van der Waals surface area (Å²) in [5, 5.41) is 13.0. The van der Waals surface area contributed by atoms with Gasteiger partial charge in [-0.05, 0) is 37.8 Å². The lowest BCUT2D eigenvalue weighted by Gasteiger charge is -2.16. The van der Waals surface area contributed by atoms with Crippen LogP contribution in [-0.4, -0.2) is 31.0 Å². The molecule has 4 heteroatoms. The van der Waals surface area contributed by atoms with Crippen molar-refractivity contribution in [3.63, 3.8) is 0 Å². The largest absolute Gasteiger partial charge is 0.468 e. The second kappa shape index (κ2) is 9.13. The maximum absolute atomic E-state index is 9.79. The van der Waals surface area contributed by atoms with E-state index in [-0.39, 0.29) is 6.04 Å². The summed E-state index contributed by atoms with van der Waals surface area (Å²) < 4.78 is 10.7. The number of aliphatic hydroxyl groups is 1. The third-order valence-electron chi connectivity index (χ3n) is 3.01. The molecule has 19 heavy (non-hydrogen) atoms. The van der Waals surface area contributed by atoms with Crippen molar-refractivity contribution in [1.82, 2.24) is 5.32 Å². The van der Waals surface area contributed by atoms with Crippen molar-refractivity contribution in [2.45, 2.75) is 45.8 Å². The van der Waals surface area contributed by atoms with Crippen molar-refractivity contribution >= 4 is 0 Å². The van der Waals surface area contributed by atoms with Gasteiger partial charge in [0.05, 0.1) is 25.0 Å². The van der Waals surface area contributed by atoms with E-state index in [0.29, 0.717) is 19.1 Å². The number of hydrogen-bond donors (Lipinski definition) is 2. The average molecular weight is 269 g/mol. The highest BCUT2D eigenvalue weighted by Crippen LogP contribution is 2.11. The Labute approximate surface area is 116 Å². The SMILES string of the molecule is CC(C)CCCOCC(O)CN[C@@H](C)c1ccco1. The maximum Gasteiger partial charge on any atom is 0.120 e. The monoisotopic (exact) mass is 269 g/mol. The first-order valence-corrected chi connectivity index (χ1v) is 7.12. The minimum absolute atomic E-state index is 0.102. The van der Waals surface area contributed by atoms with E-state index in [1.165, 1.54) is 6.42 Å². The molecule has 0 amide bonds. The first-order chi connectivity index (χ1) is 9.09. The minimum Gasteiger partial charge on any atom is -0.468 e. The normalized spacial score (nSPS) is 14.8. The first-order valence-electron chi connectivity index (χ1n) is 7.12. The third-order valence-corrected chi connectivity index (χ3v) is 3.01. The molecule has 1 rings (SSSR count). The summed E-state index contributed by atoms with van der Waals surface area (Å²) in [7, 11) is 0. The highest BCUT2D eigenvalue weighted by atomic mass is 16.5. The van der Waals surface area contributed by atoms with Gasteiger partial charge in [-0.1, -0.05) is 13.8 Å². The molecule has 0 aliphatic rings. The maximum atomic E-state index is 9.79. The summed E-state index contributed by atoms with van der Waals surface area (Å²) in [5.74, 6) is 1.59. The molecule has 0 fully saturated rings. The zero-order chi connectivity index (χ0) is 14.1. The number of nitrogens with one attached hydrogen (secondary N) is 1. The van der Waals surface area contributed by atoms with Crippen molar-refractivity contribution in [3.8, 4) is 0 Å². The topological polar surface area (TPSA) is 54.6 Å². The molecular formula is C15H27NO3. The highest BCUT2D eigenvalue weighted by Gasteiger charge is 2.10. The summed E-state index contributed by atoms with van der Waals surface area (Å²) in [6.07, 6.45) is 3.41. The Morgan fingerprint density at radius 1 is 1.37 bits per heavy atom. The molecule has 1 aromatic heterocycles. The quantitative estimate of drug-likeness (QED) is 0.641. The van der Waals surface area contributed by atoms with E-state index in [4.69, 9.17) is 9.15 Å². The van der Waals surface area contributed by atoms with Crippen molar-refractivity contribution in [2.24, 2.45) is 5.92 Å². The molecule has 0 aliphatic heterocycles. The Kier molecular flexibility index (Phi) is 7.79. The molecule has 4 nitrogen and oxygen atoms in total. The molecule has 0 saturated heterocycles. The van der Waals surface area contributed by atoms with E-state index in [0.717, 1.165) is 18.8 Å². The second-order valence-electron chi connectivity index (χ2n) is 5.41. The van der Waals surface area contributed by atoms with Crippen LogP contribution in [0.15, 0.2) is 22.8 Å². The summed E-state index contributed by atoms with van der Waals surface area (Å²) in [5.41, 5.74) is 0. The smallest absolute Gasteiger partial charge is 0.120 e. The van der Waals surface area contributed by atoms with Crippen LogP contribution in [0, 0.1) is 5.92 Å². The molecule has 1 unspecified atom stereocenters. The molecule has 110 valence electrons. The molecule has 0 aromatic carbocycles. The molecule has 2 atom stereocenters. The van der Waals surface area contributed by atoms with Crippen LogP contribution in [0.1, 0.15) is 45.4 Å². The summed E-state index contributed by atoms with van der Waals surface area (Å²) in [4.78, 5) is 0. The average Bonchev–Trinajstić information content (AvgIpc) is 2.89. The van der Waals surface area contributed by atoms with Gasteiger partial charge >= 0.3 is 0 Å². The number of aliphatic hydroxyl groups excluding tert-OH is 1. The van der Waals surface area contributed by atoms with Gasteiger partial charge < -0.3 is 19.6 Å². The van der Waals surface area contributed by atoms with Gasteiger partial charge in [0.1, 0.15) is 5.76 Å². The summed E-state index contributed by atoms with van der Waals surface area (Å²) in [6, 6.07) is 3.89. The van der Waals surface area contributed by atoms with Crippen LogP contribution in [0.25, 0.3) is 0 Å². The first kappa shape index (κ1) is 16.2. The molecule has 0 radical (unpaired) electrons. The lowest BCUT2D eigenvalue weighted by atomic mass is 10.1. The summed E-state index contributed by atoms with van der Waals surface area (Å²) >= 11 is 0. The van der Waals surface area contributed by atoms with E-state index >= 15 is 0 Å². The van der Waals surface area contributed by atoms with Gasteiger partial charge in [0, 0.05) is 13.2 Å². The lowest BCUT2D eigenvalue weighted by Crippen LogP contribution is -2.32. The van der Waals surface area contributed by atoms with Gasteiger partial charge in [-0.25, -0.2) is 0 Å². The van der Waals surface area contributed by atoms with Crippen molar-refractivity contribution < 1.29 is 14.3 Å². The Morgan fingerprint density at radius 3 is 2.79 bits per heavy atom. The van der Waals surface area contributed by atoms with Gasteiger partial charge in [-0.15, -0.1) is 0 Å². The van der Waals surface area contributed by atoms with Crippen molar-refractivity contribution in [3.05, 3.63) is 24.2 Å². The number of hydrogen-bond acceptors (Lipinski definition) is 4. The molecule has 1 heterocycles. The third kappa shape index (κ3) is 7.35. The zero-order valence-corrected chi connectivity index (χ0v) is 12.3. The number of ether oxygens (including phenoxy) is 1. The summed E-state index contributed by atoms with van der Waals surface area (Å²) in [6.45, 7) is 8.03.